The van der Waals surface area contributed by atoms with Gasteiger partial charge in [-0.05, 0) is 43.6 Å². The zero-order valence-electron chi connectivity index (χ0n) is 17.7. The van der Waals surface area contributed by atoms with Crippen molar-refractivity contribution >= 4 is 77.4 Å². The number of carbonyl (C=O) groups is 1. The second-order valence-electron chi connectivity index (χ2n) is 7.06. The molecular formula is C23H24ClN3OS3. The molecule has 0 aliphatic carbocycles. The van der Waals surface area contributed by atoms with Gasteiger partial charge in [0.05, 0.1) is 15.2 Å². The molecule has 0 atom stereocenters. The number of anilines is 1. The van der Waals surface area contributed by atoms with Gasteiger partial charge < -0.3 is 4.90 Å². The van der Waals surface area contributed by atoms with Crippen LogP contribution in [-0.2, 0) is 0 Å². The van der Waals surface area contributed by atoms with Crippen LogP contribution in [0.25, 0.3) is 20.3 Å². The summed E-state index contributed by atoms with van der Waals surface area (Å²) in [4.78, 5) is 24.4. The quantitative estimate of drug-likeness (QED) is 0.253. The Kier molecular flexibility index (Phi) is 7.19. The maximum Gasteiger partial charge on any atom is 0.271 e. The minimum Gasteiger partial charge on any atom is -0.302 e. The Balaban J connectivity index is 1.74. The van der Waals surface area contributed by atoms with Crippen molar-refractivity contribution < 1.29 is 4.79 Å². The van der Waals surface area contributed by atoms with E-state index < -0.39 is 0 Å². The summed E-state index contributed by atoms with van der Waals surface area (Å²) in [6, 6.07) is 14.1. The first-order chi connectivity index (χ1) is 15.0. The third-order valence-electron chi connectivity index (χ3n) is 5.32. The minimum absolute atomic E-state index is 0.0810. The Labute approximate surface area is 199 Å². The van der Waals surface area contributed by atoms with Crippen molar-refractivity contribution in [3.05, 3.63) is 52.4 Å². The number of hydrogen-bond acceptors (Lipinski definition) is 6. The van der Waals surface area contributed by atoms with Crippen molar-refractivity contribution in [2.45, 2.75) is 18.7 Å². The molecule has 0 saturated heterocycles. The molecule has 4 rings (SSSR count). The molecule has 1 amide bonds. The van der Waals surface area contributed by atoms with Gasteiger partial charge in [-0.15, -0.1) is 23.1 Å². The lowest BCUT2D eigenvalue weighted by atomic mass is 10.2. The van der Waals surface area contributed by atoms with Gasteiger partial charge in [-0.3, -0.25) is 9.69 Å². The largest absolute Gasteiger partial charge is 0.302 e. The number of thiazole rings is 1. The van der Waals surface area contributed by atoms with E-state index in [1.54, 1.807) is 28.0 Å². The van der Waals surface area contributed by atoms with Gasteiger partial charge in [0.25, 0.3) is 5.91 Å². The van der Waals surface area contributed by atoms with E-state index in [0.717, 1.165) is 45.1 Å². The summed E-state index contributed by atoms with van der Waals surface area (Å²) in [7, 11) is 0. The first-order valence-electron chi connectivity index (χ1n) is 10.2. The highest BCUT2D eigenvalue weighted by molar-refractivity contribution is 7.98. The number of likely N-dealkylation sites (N-methyl/N-ethyl adjacent to an activating group) is 1. The molecule has 4 nitrogen and oxygen atoms in total. The molecule has 2 heterocycles. The van der Waals surface area contributed by atoms with Gasteiger partial charge in [0.1, 0.15) is 4.88 Å². The van der Waals surface area contributed by atoms with Crippen LogP contribution in [0, 0.1) is 0 Å². The van der Waals surface area contributed by atoms with Crippen LogP contribution in [0.4, 0.5) is 5.13 Å². The molecule has 0 spiro atoms. The predicted octanol–water partition coefficient (Wildman–Crippen LogP) is 6.87. The van der Waals surface area contributed by atoms with Crippen LogP contribution in [0.15, 0.2) is 47.4 Å². The smallest absolute Gasteiger partial charge is 0.271 e. The van der Waals surface area contributed by atoms with Gasteiger partial charge >= 0.3 is 0 Å². The number of rotatable bonds is 8. The molecule has 0 aliphatic heterocycles. The number of fused-ring (bicyclic) bond motifs is 2. The fourth-order valence-corrected chi connectivity index (χ4v) is 6.48. The Morgan fingerprint density at radius 1 is 1.06 bits per heavy atom. The first kappa shape index (κ1) is 22.6. The highest BCUT2D eigenvalue weighted by atomic mass is 35.5. The summed E-state index contributed by atoms with van der Waals surface area (Å²) in [5.41, 5.74) is 0.917. The Morgan fingerprint density at radius 3 is 2.55 bits per heavy atom. The summed E-state index contributed by atoms with van der Waals surface area (Å²) in [6.45, 7) is 7.52. The van der Waals surface area contributed by atoms with Crippen LogP contribution in [0.5, 0.6) is 0 Å². The van der Waals surface area contributed by atoms with E-state index in [4.69, 9.17) is 16.6 Å². The average molecular weight is 490 g/mol. The fourth-order valence-electron chi connectivity index (χ4n) is 3.47. The zero-order valence-corrected chi connectivity index (χ0v) is 20.9. The van der Waals surface area contributed by atoms with Gasteiger partial charge in [-0.25, -0.2) is 4.98 Å². The van der Waals surface area contributed by atoms with Crippen LogP contribution in [0.2, 0.25) is 5.02 Å². The third kappa shape index (κ3) is 4.61. The van der Waals surface area contributed by atoms with Crippen LogP contribution in [-0.4, -0.2) is 48.2 Å². The van der Waals surface area contributed by atoms with E-state index in [2.05, 4.69) is 37.1 Å². The van der Waals surface area contributed by atoms with Crippen LogP contribution >= 0.6 is 46.0 Å². The van der Waals surface area contributed by atoms with Crippen molar-refractivity contribution in [2.24, 2.45) is 0 Å². The molecule has 4 aromatic rings. The van der Waals surface area contributed by atoms with Crippen molar-refractivity contribution in [2.75, 3.05) is 37.3 Å². The number of benzene rings is 2. The summed E-state index contributed by atoms with van der Waals surface area (Å²) >= 11 is 11.4. The number of carbonyl (C=O) groups excluding carboxylic acids is 1. The van der Waals surface area contributed by atoms with Crippen LogP contribution < -0.4 is 4.90 Å². The van der Waals surface area contributed by atoms with Gasteiger partial charge in [0.2, 0.25) is 0 Å². The molecule has 8 heteroatoms. The summed E-state index contributed by atoms with van der Waals surface area (Å²) in [6.07, 6.45) is 2.06. The maximum atomic E-state index is 13.7. The topological polar surface area (TPSA) is 36.4 Å². The number of thiophene rings is 1. The van der Waals surface area contributed by atoms with E-state index in [1.807, 2.05) is 30.3 Å². The van der Waals surface area contributed by atoms with Crippen LogP contribution in [0.1, 0.15) is 23.5 Å². The molecule has 162 valence electrons. The molecule has 0 N–H and O–H groups in total. The zero-order chi connectivity index (χ0) is 22.0. The standard InChI is InChI=1S/C23H24ClN3OS3/c1-4-26(5-2)12-13-27(23-25-17-11-10-15(29-3)14-19(17)31-23)22(28)21-20(24)16-8-6-7-9-18(16)30-21/h6-11,14H,4-5,12-13H2,1-3H3. The van der Waals surface area contributed by atoms with Gasteiger partial charge in [0.15, 0.2) is 5.13 Å². The van der Waals surface area contributed by atoms with Crippen molar-refractivity contribution in [3.8, 4) is 0 Å². The van der Waals surface area contributed by atoms with Crippen molar-refractivity contribution in [3.63, 3.8) is 0 Å². The normalized spacial score (nSPS) is 11.6. The lowest BCUT2D eigenvalue weighted by Crippen LogP contribution is -2.38. The van der Waals surface area contributed by atoms with Crippen molar-refractivity contribution in [1.82, 2.24) is 9.88 Å². The Hall–Kier alpha value is -1.64. The lowest BCUT2D eigenvalue weighted by molar-refractivity contribution is 0.0988. The molecular weight excluding hydrogens is 466 g/mol. The highest BCUT2D eigenvalue weighted by Crippen LogP contribution is 2.38. The molecule has 0 saturated carbocycles. The number of hydrogen-bond donors (Lipinski definition) is 0. The average Bonchev–Trinajstić information content (AvgIpc) is 3.37. The SMILES string of the molecule is CCN(CC)CCN(C(=O)c1sc2ccccc2c1Cl)c1nc2ccc(SC)cc2s1. The van der Waals surface area contributed by atoms with E-state index >= 15 is 0 Å². The molecule has 2 aromatic heterocycles. The molecule has 0 radical (unpaired) electrons. The second-order valence-corrected chi connectivity index (χ2v) is 10.4. The van der Waals surface area contributed by atoms with Crippen LogP contribution in [0.3, 0.4) is 0 Å². The molecule has 0 bridgehead atoms. The Morgan fingerprint density at radius 2 is 1.84 bits per heavy atom. The fraction of sp³-hybridized carbons (Fsp3) is 0.304. The Bertz CT molecular complexity index is 1220. The first-order valence-corrected chi connectivity index (χ1v) is 13.4. The van der Waals surface area contributed by atoms with E-state index in [0.29, 0.717) is 16.4 Å². The number of nitrogens with zero attached hydrogens (tertiary/aromatic N) is 3. The van der Waals surface area contributed by atoms with Gasteiger partial charge in [-0.1, -0.05) is 55.0 Å². The predicted molar refractivity (Wildman–Crippen MR) is 138 cm³/mol. The number of halogens is 1. The maximum absolute atomic E-state index is 13.7. The number of amides is 1. The number of aromatic nitrogens is 1. The van der Waals surface area contributed by atoms with Crippen molar-refractivity contribution in [1.29, 1.82) is 0 Å². The summed E-state index contributed by atoms with van der Waals surface area (Å²) < 4.78 is 2.11. The van der Waals surface area contributed by atoms with E-state index in [9.17, 15) is 4.79 Å². The lowest BCUT2D eigenvalue weighted by Gasteiger charge is -2.24. The highest BCUT2D eigenvalue weighted by Gasteiger charge is 2.26. The molecule has 0 fully saturated rings. The molecule has 2 aromatic carbocycles. The van der Waals surface area contributed by atoms with E-state index in [-0.39, 0.29) is 5.91 Å². The molecule has 31 heavy (non-hydrogen) atoms. The summed E-state index contributed by atoms with van der Waals surface area (Å²) in [5, 5.41) is 2.18. The van der Waals surface area contributed by atoms with Gasteiger partial charge in [-0.2, -0.15) is 0 Å². The van der Waals surface area contributed by atoms with E-state index in [1.165, 1.54) is 16.2 Å². The minimum atomic E-state index is -0.0810. The molecule has 0 unspecified atom stereocenters. The van der Waals surface area contributed by atoms with Gasteiger partial charge in [0, 0.05) is 28.1 Å². The number of thioether (sulfide) groups is 1. The monoisotopic (exact) mass is 489 g/mol. The summed E-state index contributed by atoms with van der Waals surface area (Å²) in [5.74, 6) is -0.0810. The third-order valence-corrected chi connectivity index (χ3v) is 8.75. The second kappa shape index (κ2) is 9.88. The molecule has 0 aliphatic rings.